The average Bonchev–Trinajstić information content (AvgIpc) is 3.05. The van der Waals surface area contributed by atoms with Gasteiger partial charge in [0, 0.05) is 18.0 Å². The first-order valence-electron chi connectivity index (χ1n) is 6.50. The number of hydrogen-bond donors (Lipinski definition) is 2. The Balaban J connectivity index is 1.85. The fraction of sp³-hybridized carbons (Fsp3) is 0.133. The van der Waals surface area contributed by atoms with E-state index >= 15 is 0 Å². The minimum Gasteiger partial charge on any atom is -0.497 e. The number of ether oxygens (including phenoxy) is 1. The Bertz CT molecular complexity index is 708. The Morgan fingerprint density at radius 1 is 1.10 bits per heavy atom. The van der Waals surface area contributed by atoms with Crippen LogP contribution in [0.4, 0.5) is 0 Å². The summed E-state index contributed by atoms with van der Waals surface area (Å²) in [6.07, 6.45) is 3.41. The summed E-state index contributed by atoms with van der Waals surface area (Å²) in [5, 5.41) is 7.09. The molecule has 21 heavy (non-hydrogen) atoms. The lowest BCUT2D eigenvalue weighted by atomic mass is 10.1. The van der Waals surface area contributed by atoms with Crippen LogP contribution in [0.15, 0.2) is 48.8 Å². The molecule has 1 unspecified atom stereocenters. The fourth-order valence-corrected chi connectivity index (χ4v) is 2.01. The quantitative estimate of drug-likeness (QED) is 0.762. The van der Waals surface area contributed by atoms with Crippen molar-refractivity contribution in [3.05, 3.63) is 60.2 Å². The van der Waals surface area contributed by atoms with Crippen LogP contribution in [0, 0.1) is 0 Å². The van der Waals surface area contributed by atoms with Crippen LogP contribution >= 0.6 is 0 Å². The Labute approximate surface area is 122 Å². The monoisotopic (exact) mass is 281 g/mol. The molecule has 0 aliphatic carbocycles. The molecule has 0 radical (unpaired) electrons. The van der Waals surface area contributed by atoms with Crippen LogP contribution in [0.2, 0.25) is 0 Å². The van der Waals surface area contributed by atoms with E-state index < -0.39 is 0 Å². The van der Waals surface area contributed by atoms with Gasteiger partial charge in [-0.3, -0.25) is 10.1 Å². The van der Waals surface area contributed by atoms with Crippen molar-refractivity contribution in [2.45, 2.75) is 6.04 Å². The first-order valence-corrected chi connectivity index (χ1v) is 6.50. The molecule has 106 valence electrons. The van der Waals surface area contributed by atoms with E-state index in [4.69, 9.17) is 10.5 Å². The zero-order valence-electron chi connectivity index (χ0n) is 11.5. The number of benzene rings is 1. The third kappa shape index (κ3) is 2.75. The van der Waals surface area contributed by atoms with E-state index in [1.807, 2.05) is 36.4 Å². The molecule has 3 rings (SSSR count). The number of rotatable bonds is 4. The maximum Gasteiger partial charge on any atom is 0.181 e. The number of H-pyrrole nitrogens is 1. The van der Waals surface area contributed by atoms with Gasteiger partial charge in [0.1, 0.15) is 11.6 Å². The lowest BCUT2D eigenvalue weighted by Crippen LogP contribution is -2.13. The molecule has 0 amide bonds. The average molecular weight is 281 g/mol. The van der Waals surface area contributed by atoms with Crippen LogP contribution < -0.4 is 10.5 Å². The minimum absolute atomic E-state index is 0.362. The SMILES string of the molecule is COc1ccc(C(N)c2nc(-c3ccncc3)n[nH]2)cc1. The molecule has 0 spiro atoms. The Kier molecular flexibility index (Phi) is 3.61. The summed E-state index contributed by atoms with van der Waals surface area (Å²) in [4.78, 5) is 8.42. The Hall–Kier alpha value is -2.73. The van der Waals surface area contributed by atoms with Crippen LogP contribution in [-0.4, -0.2) is 27.3 Å². The first-order chi connectivity index (χ1) is 10.3. The molecule has 6 nitrogen and oxygen atoms in total. The molecule has 2 aromatic heterocycles. The summed E-state index contributed by atoms with van der Waals surface area (Å²) < 4.78 is 5.13. The second-order valence-corrected chi connectivity index (χ2v) is 4.53. The second-order valence-electron chi connectivity index (χ2n) is 4.53. The number of nitrogens with two attached hydrogens (primary N) is 1. The third-order valence-corrected chi connectivity index (χ3v) is 3.21. The van der Waals surface area contributed by atoms with Crippen molar-refractivity contribution in [2.75, 3.05) is 7.11 Å². The summed E-state index contributed by atoms with van der Waals surface area (Å²) in [7, 11) is 1.63. The van der Waals surface area contributed by atoms with Gasteiger partial charge in [-0.2, -0.15) is 5.10 Å². The molecule has 0 saturated heterocycles. The van der Waals surface area contributed by atoms with E-state index in [-0.39, 0.29) is 6.04 Å². The van der Waals surface area contributed by atoms with Crippen molar-refractivity contribution in [1.82, 2.24) is 20.2 Å². The number of nitrogens with one attached hydrogen (secondary N) is 1. The van der Waals surface area contributed by atoms with E-state index in [0.29, 0.717) is 11.6 Å². The molecule has 2 heterocycles. The number of aromatic amines is 1. The number of aromatic nitrogens is 4. The van der Waals surface area contributed by atoms with Crippen molar-refractivity contribution in [1.29, 1.82) is 0 Å². The van der Waals surface area contributed by atoms with E-state index in [2.05, 4.69) is 20.2 Å². The van der Waals surface area contributed by atoms with E-state index in [1.165, 1.54) is 0 Å². The lowest BCUT2D eigenvalue weighted by molar-refractivity contribution is 0.414. The van der Waals surface area contributed by atoms with Gasteiger partial charge in [-0.1, -0.05) is 12.1 Å². The van der Waals surface area contributed by atoms with Crippen LogP contribution in [-0.2, 0) is 0 Å². The van der Waals surface area contributed by atoms with Crippen molar-refractivity contribution >= 4 is 0 Å². The molecular weight excluding hydrogens is 266 g/mol. The van der Waals surface area contributed by atoms with Crippen molar-refractivity contribution < 1.29 is 4.74 Å². The molecule has 0 aliphatic rings. The van der Waals surface area contributed by atoms with Crippen LogP contribution in [0.3, 0.4) is 0 Å². The van der Waals surface area contributed by atoms with Gasteiger partial charge in [-0.05, 0) is 29.8 Å². The lowest BCUT2D eigenvalue weighted by Gasteiger charge is -2.09. The number of hydrogen-bond acceptors (Lipinski definition) is 5. The molecule has 3 N–H and O–H groups in total. The first kappa shape index (κ1) is 13.3. The highest BCUT2D eigenvalue weighted by atomic mass is 16.5. The Morgan fingerprint density at radius 2 is 1.81 bits per heavy atom. The molecule has 0 bridgehead atoms. The molecule has 6 heteroatoms. The maximum atomic E-state index is 6.21. The van der Waals surface area contributed by atoms with Gasteiger partial charge in [0.25, 0.3) is 0 Å². The highest BCUT2D eigenvalue weighted by molar-refractivity contribution is 5.53. The van der Waals surface area contributed by atoms with Gasteiger partial charge < -0.3 is 10.5 Å². The van der Waals surface area contributed by atoms with Crippen LogP contribution in [0.1, 0.15) is 17.4 Å². The molecule has 1 aromatic carbocycles. The van der Waals surface area contributed by atoms with Gasteiger partial charge in [0.05, 0.1) is 13.2 Å². The predicted molar refractivity (Wildman–Crippen MR) is 78.6 cm³/mol. The largest absolute Gasteiger partial charge is 0.497 e. The topological polar surface area (TPSA) is 89.7 Å². The summed E-state index contributed by atoms with van der Waals surface area (Å²) in [5.74, 6) is 2.02. The normalized spacial score (nSPS) is 12.1. The van der Waals surface area contributed by atoms with E-state index in [0.717, 1.165) is 16.9 Å². The van der Waals surface area contributed by atoms with E-state index in [1.54, 1.807) is 19.5 Å². The molecule has 0 fully saturated rings. The fourth-order valence-electron chi connectivity index (χ4n) is 2.01. The zero-order chi connectivity index (χ0) is 14.7. The summed E-state index contributed by atoms with van der Waals surface area (Å²) in [5.41, 5.74) is 8.05. The number of methoxy groups -OCH3 is 1. The molecule has 3 aromatic rings. The van der Waals surface area contributed by atoms with Crippen molar-refractivity contribution in [3.8, 4) is 17.1 Å². The Morgan fingerprint density at radius 3 is 2.48 bits per heavy atom. The maximum absolute atomic E-state index is 6.21. The van der Waals surface area contributed by atoms with Crippen molar-refractivity contribution in [3.63, 3.8) is 0 Å². The van der Waals surface area contributed by atoms with Gasteiger partial charge >= 0.3 is 0 Å². The third-order valence-electron chi connectivity index (χ3n) is 3.21. The van der Waals surface area contributed by atoms with Gasteiger partial charge in [0.15, 0.2) is 5.82 Å². The molecular formula is C15H15N5O. The highest BCUT2D eigenvalue weighted by Gasteiger charge is 2.14. The standard InChI is InChI=1S/C15H15N5O/c1-21-12-4-2-10(3-5-12)13(16)15-18-14(19-20-15)11-6-8-17-9-7-11/h2-9,13H,16H2,1H3,(H,18,19,20). The van der Waals surface area contributed by atoms with E-state index in [9.17, 15) is 0 Å². The van der Waals surface area contributed by atoms with Gasteiger partial charge in [-0.15, -0.1) is 0 Å². The van der Waals surface area contributed by atoms with Crippen LogP contribution in [0.5, 0.6) is 5.75 Å². The molecule has 1 atom stereocenters. The minimum atomic E-state index is -0.362. The number of pyridine rings is 1. The smallest absolute Gasteiger partial charge is 0.181 e. The van der Waals surface area contributed by atoms with Crippen LogP contribution in [0.25, 0.3) is 11.4 Å². The number of nitrogens with zero attached hydrogens (tertiary/aromatic N) is 3. The predicted octanol–water partition coefficient (Wildman–Crippen LogP) is 1.92. The van der Waals surface area contributed by atoms with Gasteiger partial charge in [-0.25, -0.2) is 4.98 Å². The van der Waals surface area contributed by atoms with Crippen molar-refractivity contribution in [2.24, 2.45) is 5.73 Å². The highest BCUT2D eigenvalue weighted by Crippen LogP contribution is 2.21. The summed E-state index contributed by atoms with van der Waals surface area (Å²) in [6, 6.07) is 10.9. The molecule has 0 aliphatic heterocycles. The summed E-state index contributed by atoms with van der Waals surface area (Å²) >= 11 is 0. The second kappa shape index (κ2) is 5.72. The van der Waals surface area contributed by atoms with Gasteiger partial charge in [0.2, 0.25) is 0 Å². The zero-order valence-corrected chi connectivity index (χ0v) is 11.5. The summed E-state index contributed by atoms with van der Waals surface area (Å²) in [6.45, 7) is 0. The molecule has 0 saturated carbocycles.